The molecule has 0 radical (unpaired) electrons. The zero-order valence-electron chi connectivity index (χ0n) is 12.5. The Balaban J connectivity index is 2.26. The van der Waals surface area contributed by atoms with E-state index in [4.69, 9.17) is 0 Å². The highest BCUT2D eigenvalue weighted by molar-refractivity contribution is 5.31. The maximum Gasteiger partial charge on any atom is 0.126 e. The van der Waals surface area contributed by atoms with Gasteiger partial charge < -0.3 is 5.32 Å². The second kappa shape index (κ2) is 7.32. The van der Waals surface area contributed by atoms with Gasteiger partial charge in [0.2, 0.25) is 0 Å². The van der Waals surface area contributed by atoms with Crippen molar-refractivity contribution in [2.75, 3.05) is 13.1 Å². The third-order valence-corrected chi connectivity index (χ3v) is 3.67. The van der Waals surface area contributed by atoms with Crippen LogP contribution in [-0.4, -0.2) is 13.1 Å². The number of rotatable bonds is 6. The summed E-state index contributed by atoms with van der Waals surface area (Å²) in [5.74, 6) is -0.832. The highest BCUT2D eigenvalue weighted by Crippen LogP contribution is 2.24. The van der Waals surface area contributed by atoms with Gasteiger partial charge in [0.1, 0.15) is 11.6 Å². The molecule has 1 N–H and O–H groups in total. The predicted octanol–water partition coefficient (Wildman–Crippen LogP) is 4.21. The normalized spacial score (nSPS) is 12.4. The molecule has 1 unspecified atom stereocenters. The van der Waals surface area contributed by atoms with Crippen LogP contribution in [0.1, 0.15) is 29.5 Å². The SMILES string of the molecule is CCNCC(Cc1cc(F)cc(F)c1)c1ccccc1C. The first-order valence-corrected chi connectivity index (χ1v) is 7.31. The van der Waals surface area contributed by atoms with E-state index in [-0.39, 0.29) is 5.92 Å². The Morgan fingerprint density at radius 2 is 1.71 bits per heavy atom. The molecule has 112 valence electrons. The summed E-state index contributed by atoms with van der Waals surface area (Å²) in [5.41, 5.74) is 3.12. The maximum absolute atomic E-state index is 13.4. The van der Waals surface area contributed by atoms with Crippen LogP contribution in [-0.2, 0) is 6.42 Å². The molecule has 0 saturated heterocycles. The standard InChI is InChI=1S/C18H21F2N/c1-3-21-12-15(18-7-5-4-6-13(18)2)8-14-9-16(19)11-17(20)10-14/h4-7,9-11,15,21H,3,8,12H2,1-2H3. The van der Waals surface area contributed by atoms with E-state index in [2.05, 4.69) is 31.3 Å². The van der Waals surface area contributed by atoms with E-state index >= 15 is 0 Å². The zero-order valence-corrected chi connectivity index (χ0v) is 12.5. The fourth-order valence-corrected chi connectivity index (χ4v) is 2.67. The van der Waals surface area contributed by atoms with Crippen molar-refractivity contribution in [1.82, 2.24) is 5.32 Å². The average molecular weight is 289 g/mol. The molecule has 0 heterocycles. The molecule has 1 nitrogen and oxygen atoms in total. The number of aryl methyl sites for hydroxylation is 1. The molecule has 1 atom stereocenters. The van der Waals surface area contributed by atoms with Crippen molar-refractivity contribution in [3.05, 3.63) is 70.8 Å². The van der Waals surface area contributed by atoms with Crippen molar-refractivity contribution in [2.24, 2.45) is 0 Å². The molecule has 0 aromatic heterocycles. The van der Waals surface area contributed by atoms with Gasteiger partial charge in [-0.15, -0.1) is 0 Å². The maximum atomic E-state index is 13.4. The Bertz CT molecular complexity index is 575. The molecule has 0 spiro atoms. The van der Waals surface area contributed by atoms with E-state index in [1.54, 1.807) is 0 Å². The average Bonchev–Trinajstić information content (AvgIpc) is 2.43. The summed E-state index contributed by atoms with van der Waals surface area (Å²) in [4.78, 5) is 0. The molecule has 0 amide bonds. The number of nitrogens with one attached hydrogen (secondary N) is 1. The van der Waals surface area contributed by atoms with Gasteiger partial charge in [0.05, 0.1) is 0 Å². The van der Waals surface area contributed by atoms with E-state index in [0.29, 0.717) is 12.0 Å². The van der Waals surface area contributed by atoms with Crippen LogP contribution < -0.4 is 5.32 Å². The van der Waals surface area contributed by atoms with Crippen LogP contribution in [0.25, 0.3) is 0 Å². The van der Waals surface area contributed by atoms with Gasteiger partial charge in [0.15, 0.2) is 0 Å². The lowest BCUT2D eigenvalue weighted by Crippen LogP contribution is -2.23. The molecule has 21 heavy (non-hydrogen) atoms. The molecule has 0 bridgehead atoms. The molecular formula is C18H21F2N. The summed E-state index contributed by atoms with van der Waals surface area (Å²) in [5, 5.41) is 3.34. The Hall–Kier alpha value is -1.74. The van der Waals surface area contributed by atoms with Gasteiger partial charge in [-0.25, -0.2) is 8.78 Å². The van der Waals surface area contributed by atoms with Gasteiger partial charge in [-0.2, -0.15) is 0 Å². The fourth-order valence-electron chi connectivity index (χ4n) is 2.67. The lowest BCUT2D eigenvalue weighted by atomic mass is 9.89. The number of benzene rings is 2. The van der Waals surface area contributed by atoms with Crippen LogP contribution in [0.5, 0.6) is 0 Å². The van der Waals surface area contributed by atoms with Gasteiger partial charge in [0, 0.05) is 18.5 Å². The molecule has 0 aliphatic heterocycles. The molecule has 3 heteroatoms. The molecule has 0 fully saturated rings. The largest absolute Gasteiger partial charge is 0.316 e. The van der Waals surface area contributed by atoms with E-state index in [0.717, 1.165) is 19.2 Å². The summed E-state index contributed by atoms with van der Waals surface area (Å²) in [6.07, 6.45) is 0.618. The van der Waals surface area contributed by atoms with Crippen molar-refractivity contribution in [3.8, 4) is 0 Å². The monoisotopic (exact) mass is 289 g/mol. The summed E-state index contributed by atoms with van der Waals surface area (Å²) in [6.45, 7) is 5.79. The molecule has 0 aliphatic rings. The van der Waals surface area contributed by atoms with Crippen LogP contribution in [0.2, 0.25) is 0 Å². The van der Waals surface area contributed by atoms with E-state index in [9.17, 15) is 8.78 Å². The number of halogens is 2. The zero-order chi connectivity index (χ0) is 15.2. The summed E-state index contributed by atoms with van der Waals surface area (Å²) in [7, 11) is 0. The molecule has 2 rings (SSSR count). The van der Waals surface area contributed by atoms with E-state index in [1.807, 2.05) is 12.1 Å². The second-order valence-electron chi connectivity index (χ2n) is 5.34. The third-order valence-electron chi connectivity index (χ3n) is 3.67. The topological polar surface area (TPSA) is 12.0 Å². The lowest BCUT2D eigenvalue weighted by molar-refractivity contribution is 0.565. The number of hydrogen-bond donors (Lipinski definition) is 1. The van der Waals surface area contributed by atoms with E-state index in [1.165, 1.54) is 23.3 Å². The van der Waals surface area contributed by atoms with Crippen molar-refractivity contribution in [1.29, 1.82) is 0 Å². The second-order valence-corrected chi connectivity index (χ2v) is 5.34. The molecular weight excluding hydrogens is 268 g/mol. The van der Waals surface area contributed by atoms with E-state index < -0.39 is 11.6 Å². The van der Waals surface area contributed by atoms with Crippen molar-refractivity contribution in [2.45, 2.75) is 26.2 Å². The Morgan fingerprint density at radius 3 is 2.33 bits per heavy atom. The van der Waals surface area contributed by atoms with Crippen LogP contribution in [0.3, 0.4) is 0 Å². The summed E-state index contributed by atoms with van der Waals surface area (Å²) < 4.78 is 26.7. The van der Waals surface area contributed by atoms with Crippen LogP contribution in [0, 0.1) is 18.6 Å². The van der Waals surface area contributed by atoms with Gasteiger partial charge in [0.25, 0.3) is 0 Å². The minimum absolute atomic E-state index is 0.201. The van der Waals surface area contributed by atoms with Gasteiger partial charge in [-0.3, -0.25) is 0 Å². The molecule has 0 aliphatic carbocycles. The predicted molar refractivity (Wildman–Crippen MR) is 82.5 cm³/mol. The minimum atomic E-state index is -0.517. The van der Waals surface area contributed by atoms with Gasteiger partial charge >= 0.3 is 0 Å². The quantitative estimate of drug-likeness (QED) is 0.840. The molecule has 2 aromatic rings. The first-order valence-electron chi connectivity index (χ1n) is 7.31. The fraction of sp³-hybridized carbons (Fsp3) is 0.333. The smallest absolute Gasteiger partial charge is 0.126 e. The molecule has 0 saturated carbocycles. The Kier molecular flexibility index (Phi) is 5.45. The summed E-state index contributed by atoms with van der Waals surface area (Å²) >= 11 is 0. The highest BCUT2D eigenvalue weighted by atomic mass is 19.1. The van der Waals surface area contributed by atoms with Crippen LogP contribution in [0.15, 0.2) is 42.5 Å². The van der Waals surface area contributed by atoms with Crippen LogP contribution in [0.4, 0.5) is 8.78 Å². The summed E-state index contributed by atoms with van der Waals surface area (Å²) in [6, 6.07) is 11.9. The number of likely N-dealkylation sites (N-methyl/N-ethyl adjacent to an activating group) is 1. The first kappa shape index (κ1) is 15.6. The van der Waals surface area contributed by atoms with Gasteiger partial charge in [-0.1, -0.05) is 31.2 Å². The highest BCUT2D eigenvalue weighted by Gasteiger charge is 2.15. The Labute approximate surface area is 125 Å². The van der Waals surface area contributed by atoms with Crippen molar-refractivity contribution >= 4 is 0 Å². The molecule has 2 aromatic carbocycles. The van der Waals surface area contributed by atoms with Gasteiger partial charge in [-0.05, 0) is 48.7 Å². The minimum Gasteiger partial charge on any atom is -0.316 e. The lowest BCUT2D eigenvalue weighted by Gasteiger charge is -2.20. The number of hydrogen-bond acceptors (Lipinski definition) is 1. The van der Waals surface area contributed by atoms with Crippen molar-refractivity contribution in [3.63, 3.8) is 0 Å². The van der Waals surface area contributed by atoms with Crippen molar-refractivity contribution < 1.29 is 8.78 Å². The first-order chi connectivity index (χ1) is 10.1. The van der Waals surface area contributed by atoms with Crippen LogP contribution >= 0.6 is 0 Å². The third kappa shape index (κ3) is 4.36. The Morgan fingerprint density at radius 1 is 1.05 bits per heavy atom.